The van der Waals surface area contributed by atoms with E-state index >= 15 is 0 Å². The molecule has 2 nitrogen and oxygen atoms in total. The van der Waals surface area contributed by atoms with Crippen molar-refractivity contribution in [2.45, 2.75) is 45.4 Å². The molecule has 0 radical (unpaired) electrons. The van der Waals surface area contributed by atoms with Crippen LogP contribution in [-0.2, 0) is 5.60 Å². The van der Waals surface area contributed by atoms with Crippen molar-refractivity contribution < 1.29 is 5.11 Å². The molecule has 0 aliphatic carbocycles. The molecule has 0 amide bonds. The Morgan fingerprint density at radius 1 is 1.13 bits per heavy atom. The van der Waals surface area contributed by atoms with Crippen LogP contribution >= 0.6 is 0 Å². The molecule has 0 aliphatic rings. The maximum atomic E-state index is 10.4. The predicted octanol–water partition coefficient (Wildman–Crippen LogP) is 2.28. The fourth-order valence-corrected chi connectivity index (χ4v) is 1.69. The highest BCUT2D eigenvalue weighted by molar-refractivity contribution is 5.23. The van der Waals surface area contributed by atoms with Gasteiger partial charge in [-0.2, -0.15) is 0 Å². The van der Waals surface area contributed by atoms with Gasteiger partial charge in [0.05, 0.1) is 0 Å². The lowest BCUT2D eigenvalue weighted by atomic mass is 9.89. The lowest BCUT2D eigenvalue weighted by molar-refractivity contribution is 0.0187. The number of benzene rings is 1. The standard InChI is InChI=1S/C13H21NO/c1-10(2)14-11(3)13(4,15)12-8-6-5-7-9-12/h5-11,14-15H,1-4H3/t11-,13-/m1/s1. The average Bonchev–Trinajstić information content (AvgIpc) is 2.18. The summed E-state index contributed by atoms with van der Waals surface area (Å²) in [6.07, 6.45) is 0. The quantitative estimate of drug-likeness (QED) is 0.794. The highest BCUT2D eigenvalue weighted by atomic mass is 16.3. The topological polar surface area (TPSA) is 32.3 Å². The van der Waals surface area contributed by atoms with E-state index in [2.05, 4.69) is 19.2 Å². The van der Waals surface area contributed by atoms with Crippen molar-refractivity contribution in [1.29, 1.82) is 0 Å². The fourth-order valence-electron chi connectivity index (χ4n) is 1.69. The van der Waals surface area contributed by atoms with Gasteiger partial charge in [-0.25, -0.2) is 0 Å². The Bertz CT molecular complexity index is 293. The molecule has 15 heavy (non-hydrogen) atoms. The van der Waals surface area contributed by atoms with Gasteiger partial charge in [-0.05, 0) is 19.4 Å². The van der Waals surface area contributed by atoms with Gasteiger partial charge in [0, 0.05) is 12.1 Å². The van der Waals surface area contributed by atoms with Gasteiger partial charge >= 0.3 is 0 Å². The first-order chi connectivity index (χ1) is 6.94. The van der Waals surface area contributed by atoms with E-state index < -0.39 is 5.60 Å². The van der Waals surface area contributed by atoms with Crippen molar-refractivity contribution in [2.75, 3.05) is 0 Å². The predicted molar refractivity (Wildman–Crippen MR) is 63.7 cm³/mol. The highest BCUT2D eigenvalue weighted by Gasteiger charge is 2.30. The van der Waals surface area contributed by atoms with Crippen LogP contribution < -0.4 is 5.32 Å². The lowest BCUT2D eigenvalue weighted by Crippen LogP contribution is -2.47. The molecule has 0 unspecified atom stereocenters. The highest BCUT2D eigenvalue weighted by Crippen LogP contribution is 2.24. The Kier molecular flexibility index (Phi) is 3.89. The van der Waals surface area contributed by atoms with E-state index in [9.17, 15) is 5.11 Å². The maximum Gasteiger partial charge on any atom is 0.102 e. The molecule has 0 aromatic heterocycles. The molecule has 84 valence electrons. The second-order valence-corrected chi connectivity index (χ2v) is 4.56. The van der Waals surface area contributed by atoms with Gasteiger partial charge in [-0.15, -0.1) is 0 Å². The van der Waals surface area contributed by atoms with Crippen LogP contribution in [0.3, 0.4) is 0 Å². The second-order valence-electron chi connectivity index (χ2n) is 4.56. The summed E-state index contributed by atoms with van der Waals surface area (Å²) >= 11 is 0. The third kappa shape index (κ3) is 3.05. The summed E-state index contributed by atoms with van der Waals surface area (Å²) in [7, 11) is 0. The smallest absolute Gasteiger partial charge is 0.102 e. The Labute approximate surface area is 92.3 Å². The van der Waals surface area contributed by atoms with Crippen LogP contribution in [0.25, 0.3) is 0 Å². The zero-order valence-corrected chi connectivity index (χ0v) is 9.99. The van der Waals surface area contributed by atoms with Gasteiger partial charge < -0.3 is 10.4 Å². The fraction of sp³-hybridized carbons (Fsp3) is 0.538. The van der Waals surface area contributed by atoms with Crippen molar-refractivity contribution >= 4 is 0 Å². The molecule has 2 atom stereocenters. The molecule has 0 bridgehead atoms. The Balaban J connectivity index is 2.82. The molecule has 1 rings (SSSR count). The molecular weight excluding hydrogens is 186 g/mol. The van der Waals surface area contributed by atoms with Gasteiger partial charge in [0.15, 0.2) is 0 Å². The molecule has 1 aromatic carbocycles. The van der Waals surface area contributed by atoms with Crippen LogP contribution in [0.5, 0.6) is 0 Å². The third-order valence-electron chi connectivity index (χ3n) is 2.78. The van der Waals surface area contributed by atoms with Crippen molar-refractivity contribution in [3.8, 4) is 0 Å². The van der Waals surface area contributed by atoms with Crippen LogP contribution in [-0.4, -0.2) is 17.2 Å². The monoisotopic (exact) mass is 207 g/mol. The zero-order valence-electron chi connectivity index (χ0n) is 9.99. The molecule has 0 fully saturated rings. The van der Waals surface area contributed by atoms with E-state index in [4.69, 9.17) is 0 Å². The number of aliphatic hydroxyl groups is 1. The minimum atomic E-state index is -0.828. The molecule has 0 aliphatic heterocycles. The van der Waals surface area contributed by atoms with Crippen LogP contribution in [0.2, 0.25) is 0 Å². The van der Waals surface area contributed by atoms with E-state index in [-0.39, 0.29) is 6.04 Å². The molecule has 1 aromatic rings. The molecule has 0 saturated carbocycles. The van der Waals surface area contributed by atoms with Gasteiger partial charge in [0.1, 0.15) is 5.60 Å². The third-order valence-corrected chi connectivity index (χ3v) is 2.78. The van der Waals surface area contributed by atoms with Crippen LogP contribution in [0.15, 0.2) is 30.3 Å². The summed E-state index contributed by atoms with van der Waals surface area (Å²) in [6.45, 7) is 8.02. The van der Waals surface area contributed by atoms with E-state index in [1.165, 1.54) is 0 Å². The lowest BCUT2D eigenvalue weighted by Gasteiger charge is -2.33. The van der Waals surface area contributed by atoms with Crippen LogP contribution in [0.1, 0.15) is 33.3 Å². The Morgan fingerprint density at radius 3 is 2.13 bits per heavy atom. The first kappa shape index (κ1) is 12.2. The summed E-state index contributed by atoms with van der Waals surface area (Å²) in [6, 6.07) is 10.2. The van der Waals surface area contributed by atoms with E-state index in [1.807, 2.05) is 44.2 Å². The van der Waals surface area contributed by atoms with Crippen molar-refractivity contribution in [1.82, 2.24) is 5.32 Å². The van der Waals surface area contributed by atoms with Crippen molar-refractivity contribution in [3.05, 3.63) is 35.9 Å². The van der Waals surface area contributed by atoms with Crippen LogP contribution in [0, 0.1) is 0 Å². The molecule has 0 saturated heterocycles. The minimum absolute atomic E-state index is 0.0277. The molecular formula is C13H21NO. The summed E-state index contributed by atoms with van der Waals surface area (Å²) in [5.74, 6) is 0. The Morgan fingerprint density at radius 2 is 1.67 bits per heavy atom. The molecule has 2 N–H and O–H groups in total. The summed E-state index contributed by atoms with van der Waals surface area (Å²) in [5.41, 5.74) is 0.122. The molecule has 0 spiro atoms. The molecule has 2 heteroatoms. The number of hydrogen-bond acceptors (Lipinski definition) is 2. The molecule has 0 heterocycles. The summed E-state index contributed by atoms with van der Waals surface area (Å²) < 4.78 is 0. The Hall–Kier alpha value is -0.860. The SMILES string of the molecule is CC(C)N[C@H](C)[C@@](C)(O)c1ccccc1. The average molecular weight is 207 g/mol. The van der Waals surface area contributed by atoms with Gasteiger partial charge in [-0.1, -0.05) is 44.2 Å². The van der Waals surface area contributed by atoms with E-state index in [0.29, 0.717) is 6.04 Å². The van der Waals surface area contributed by atoms with E-state index in [1.54, 1.807) is 0 Å². The minimum Gasteiger partial charge on any atom is -0.384 e. The normalized spacial score (nSPS) is 17.5. The first-order valence-corrected chi connectivity index (χ1v) is 5.48. The van der Waals surface area contributed by atoms with Crippen molar-refractivity contribution in [2.24, 2.45) is 0 Å². The van der Waals surface area contributed by atoms with E-state index in [0.717, 1.165) is 5.56 Å². The zero-order chi connectivity index (χ0) is 11.5. The van der Waals surface area contributed by atoms with Crippen molar-refractivity contribution in [3.63, 3.8) is 0 Å². The van der Waals surface area contributed by atoms with Crippen LogP contribution in [0.4, 0.5) is 0 Å². The number of rotatable bonds is 4. The second kappa shape index (κ2) is 4.77. The largest absolute Gasteiger partial charge is 0.384 e. The maximum absolute atomic E-state index is 10.4. The van der Waals surface area contributed by atoms with Gasteiger partial charge in [0.25, 0.3) is 0 Å². The number of hydrogen-bond donors (Lipinski definition) is 2. The number of nitrogens with one attached hydrogen (secondary N) is 1. The summed E-state index contributed by atoms with van der Waals surface area (Å²) in [4.78, 5) is 0. The van der Waals surface area contributed by atoms with Gasteiger partial charge in [0.2, 0.25) is 0 Å². The summed E-state index contributed by atoms with van der Waals surface area (Å²) in [5, 5.41) is 13.8. The van der Waals surface area contributed by atoms with Gasteiger partial charge in [-0.3, -0.25) is 0 Å². The first-order valence-electron chi connectivity index (χ1n) is 5.48.